The number of benzene rings is 8. The van der Waals surface area contributed by atoms with E-state index >= 15 is 0 Å². The molecule has 8 aromatic carbocycles. The Kier molecular flexibility index (Phi) is 7.87. The van der Waals surface area contributed by atoms with Crippen LogP contribution < -0.4 is 10.6 Å². The maximum absolute atomic E-state index is 6.61. The highest BCUT2D eigenvalue weighted by Gasteiger charge is 2.26. The zero-order valence-electron chi connectivity index (χ0n) is 30.3. The van der Waals surface area contributed by atoms with Gasteiger partial charge < -0.3 is 9.73 Å². The fraction of sp³-hybridized carbons (Fsp3) is 0.0392. The molecule has 4 nitrogen and oxygen atoms in total. The van der Waals surface area contributed by atoms with Gasteiger partial charge in [0.15, 0.2) is 0 Å². The molecule has 0 spiro atoms. The summed E-state index contributed by atoms with van der Waals surface area (Å²) >= 11 is 1.87. The monoisotopic (exact) mass is 737 g/mol. The first kappa shape index (κ1) is 32.6. The van der Waals surface area contributed by atoms with Crippen molar-refractivity contribution in [2.75, 3.05) is 0 Å². The molecule has 10 aromatic rings. The maximum atomic E-state index is 6.61. The summed E-state index contributed by atoms with van der Waals surface area (Å²) in [5.41, 5.74) is 12.2. The number of rotatable bonds is 6. The number of fused-ring (bicyclic) bond motifs is 6. The lowest BCUT2D eigenvalue weighted by atomic mass is 9.93. The molecule has 266 valence electrons. The second kappa shape index (κ2) is 13.5. The fourth-order valence-corrected chi connectivity index (χ4v) is 9.47. The fourth-order valence-electron chi connectivity index (χ4n) is 8.20. The van der Waals surface area contributed by atoms with Gasteiger partial charge in [-0.25, -0.2) is 4.99 Å². The standard InChI is InChI=1S/C51H35N3OS/c1-4-13-32(14-5-1)37-27-28-39-40-20-12-21-41(48(40)56-46(39)31-37)43-29-38(30-45-47(43)42-19-10-11-22-44(42)55-45)33-23-25-36(26-24-33)51-53-49(34-15-6-2-7-16-34)52-50(54-51)35-17-8-3-9-18-35/h1-31,49,51,53H,(H,52,54). The first-order valence-electron chi connectivity index (χ1n) is 19.0. The Morgan fingerprint density at radius 3 is 1.95 bits per heavy atom. The Morgan fingerprint density at radius 1 is 0.464 bits per heavy atom. The van der Waals surface area contributed by atoms with E-state index in [1.54, 1.807) is 0 Å². The van der Waals surface area contributed by atoms with E-state index < -0.39 is 0 Å². The van der Waals surface area contributed by atoms with Crippen molar-refractivity contribution < 1.29 is 4.42 Å². The van der Waals surface area contributed by atoms with Crippen LogP contribution in [0.2, 0.25) is 0 Å². The molecule has 2 atom stereocenters. The van der Waals surface area contributed by atoms with Gasteiger partial charge in [-0.15, -0.1) is 11.3 Å². The Bertz CT molecular complexity index is 3080. The quantitative estimate of drug-likeness (QED) is 0.179. The van der Waals surface area contributed by atoms with Gasteiger partial charge in [-0.2, -0.15) is 0 Å². The van der Waals surface area contributed by atoms with Gasteiger partial charge in [0.05, 0.1) is 0 Å². The number of aliphatic imine (C=N–C) groups is 1. The van der Waals surface area contributed by atoms with E-state index in [2.05, 4.69) is 180 Å². The zero-order valence-corrected chi connectivity index (χ0v) is 31.1. The van der Waals surface area contributed by atoms with Crippen molar-refractivity contribution in [1.29, 1.82) is 0 Å². The minimum absolute atomic E-state index is 0.136. The van der Waals surface area contributed by atoms with Crippen LogP contribution in [0.25, 0.3) is 75.5 Å². The number of nitrogens with one attached hydrogen (secondary N) is 2. The van der Waals surface area contributed by atoms with Crippen molar-refractivity contribution in [3.8, 4) is 33.4 Å². The predicted octanol–water partition coefficient (Wildman–Crippen LogP) is 13.3. The first-order valence-corrected chi connectivity index (χ1v) is 19.8. The molecule has 1 aliphatic rings. The average molecular weight is 738 g/mol. The molecule has 1 aliphatic heterocycles. The Hall–Kier alpha value is -6.79. The van der Waals surface area contributed by atoms with Gasteiger partial charge in [-0.05, 0) is 63.2 Å². The number of furan rings is 1. The number of amidine groups is 1. The molecule has 2 unspecified atom stereocenters. The largest absolute Gasteiger partial charge is 0.456 e. The van der Waals surface area contributed by atoms with Crippen LogP contribution in [0, 0.1) is 0 Å². The van der Waals surface area contributed by atoms with Gasteiger partial charge in [0, 0.05) is 42.1 Å². The molecule has 0 saturated carbocycles. The lowest BCUT2D eigenvalue weighted by Crippen LogP contribution is -2.44. The van der Waals surface area contributed by atoms with E-state index in [1.807, 2.05) is 29.5 Å². The van der Waals surface area contributed by atoms with Crippen LogP contribution in [0.15, 0.2) is 197 Å². The molecular weight excluding hydrogens is 703 g/mol. The molecule has 0 saturated heterocycles. The summed E-state index contributed by atoms with van der Waals surface area (Å²) in [7, 11) is 0. The van der Waals surface area contributed by atoms with Gasteiger partial charge in [-0.1, -0.05) is 164 Å². The van der Waals surface area contributed by atoms with Crippen LogP contribution in [-0.4, -0.2) is 5.84 Å². The third-order valence-electron chi connectivity index (χ3n) is 11.0. The highest BCUT2D eigenvalue weighted by molar-refractivity contribution is 7.26. The van der Waals surface area contributed by atoms with E-state index in [1.165, 1.54) is 42.4 Å². The average Bonchev–Trinajstić information content (AvgIpc) is 3.85. The summed E-state index contributed by atoms with van der Waals surface area (Å²) in [5.74, 6) is 0.874. The van der Waals surface area contributed by atoms with Crippen molar-refractivity contribution in [3.63, 3.8) is 0 Å². The van der Waals surface area contributed by atoms with Gasteiger partial charge in [0.2, 0.25) is 0 Å². The summed E-state index contributed by atoms with van der Waals surface area (Å²) in [6.45, 7) is 0. The normalized spacial score (nSPS) is 15.7. The maximum Gasteiger partial charge on any atom is 0.136 e. The molecule has 0 amide bonds. The zero-order chi connectivity index (χ0) is 37.0. The highest BCUT2D eigenvalue weighted by atomic mass is 32.1. The van der Waals surface area contributed by atoms with Crippen molar-refractivity contribution in [1.82, 2.24) is 10.6 Å². The summed E-state index contributed by atoms with van der Waals surface area (Å²) in [5, 5.41) is 12.3. The molecule has 0 aliphatic carbocycles. The number of hydrogen-bond acceptors (Lipinski definition) is 5. The molecule has 3 heterocycles. The summed E-state index contributed by atoms with van der Waals surface area (Å²) in [6.07, 6.45) is -0.319. The smallest absolute Gasteiger partial charge is 0.136 e. The number of nitrogens with zero attached hydrogens (tertiary/aromatic N) is 1. The van der Waals surface area contributed by atoms with E-state index in [0.29, 0.717) is 0 Å². The van der Waals surface area contributed by atoms with Crippen molar-refractivity contribution >= 4 is 59.3 Å². The molecule has 0 fully saturated rings. The van der Waals surface area contributed by atoms with Crippen LogP contribution in [0.4, 0.5) is 0 Å². The van der Waals surface area contributed by atoms with Crippen molar-refractivity contribution in [2.24, 2.45) is 4.99 Å². The lowest BCUT2D eigenvalue weighted by Gasteiger charge is -2.32. The van der Waals surface area contributed by atoms with Gasteiger partial charge in [0.25, 0.3) is 0 Å². The summed E-state index contributed by atoms with van der Waals surface area (Å²) < 4.78 is 9.18. The molecule has 0 bridgehead atoms. The topological polar surface area (TPSA) is 49.6 Å². The second-order valence-electron chi connectivity index (χ2n) is 14.4. The van der Waals surface area contributed by atoms with E-state index in [0.717, 1.165) is 55.6 Å². The number of para-hydroxylation sites is 1. The van der Waals surface area contributed by atoms with Crippen LogP contribution in [0.5, 0.6) is 0 Å². The van der Waals surface area contributed by atoms with Crippen molar-refractivity contribution in [3.05, 3.63) is 205 Å². The van der Waals surface area contributed by atoms with E-state index in [4.69, 9.17) is 9.41 Å². The van der Waals surface area contributed by atoms with Crippen LogP contribution in [0.3, 0.4) is 0 Å². The summed E-state index contributed by atoms with van der Waals surface area (Å²) in [4.78, 5) is 5.09. The molecule has 2 N–H and O–H groups in total. The first-order chi connectivity index (χ1) is 27.7. The van der Waals surface area contributed by atoms with E-state index in [-0.39, 0.29) is 12.3 Å². The third kappa shape index (κ3) is 5.68. The molecule has 0 radical (unpaired) electrons. The Labute approximate surface area is 328 Å². The minimum Gasteiger partial charge on any atom is -0.456 e. The van der Waals surface area contributed by atoms with Crippen LogP contribution >= 0.6 is 11.3 Å². The summed E-state index contributed by atoms with van der Waals surface area (Å²) in [6, 6.07) is 66.9. The van der Waals surface area contributed by atoms with Crippen LogP contribution in [0.1, 0.15) is 29.0 Å². The molecular formula is C51H35N3OS. The van der Waals surface area contributed by atoms with Gasteiger partial charge in [-0.3, -0.25) is 5.32 Å². The number of hydrogen-bond donors (Lipinski definition) is 2. The number of thiophene rings is 1. The molecule has 5 heteroatoms. The van der Waals surface area contributed by atoms with Gasteiger partial charge >= 0.3 is 0 Å². The molecule has 2 aromatic heterocycles. The van der Waals surface area contributed by atoms with Gasteiger partial charge in [0.1, 0.15) is 29.3 Å². The third-order valence-corrected chi connectivity index (χ3v) is 12.2. The lowest BCUT2D eigenvalue weighted by molar-refractivity contribution is 0.409. The second-order valence-corrected chi connectivity index (χ2v) is 15.4. The van der Waals surface area contributed by atoms with Crippen molar-refractivity contribution in [2.45, 2.75) is 12.3 Å². The SMILES string of the molecule is c1ccc(C2=NC(c3ccccc3)NC(c3ccc(-c4cc(-c5cccc6c5sc5cc(-c7ccccc7)ccc56)c5c(c4)oc4ccccc45)cc3)N2)cc1. The van der Waals surface area contributed by atoms with Crippen LogP contribution in [-0.2, 0) is 0 Å². The molecule has 11 rings (SSSR count). The highest BCUT2D eigenvalue weighted by Crippen LogP contribution is 2.46. The molecule has 56 heavy (non-hydrogen) atoms. The predicted molar refractivity (Wildman–Crippen MR) is 234 cm³/mol. The Balaban J connectivity index is 1.01. The van der Waals surface area contributed by atoms with E-state index in [9.17, 15) is 0 Å². The minimum atomic E-state index is -0.183. The Morgan fingerprint density at radius 2 is 1.14 bits per heavy atom.